The van der Waals surface area contributed by atoms with Crippen molar-refractivity contribution in [3.05, 3.63) is 98.1 Å². The minimum atomic E-state index is -0.592. The number of nitrogens with zero attached hydrogens (tertiary/aromatic N) is 1. The van der Waals surface area contributed by atoms with Gasteiger partial charge in [0, 0.05) is 29.7 Å². The van der Waals surface area contributed by atoms with Crippen molar-refractivity contribution in [3.8, 4) is 39.9 Å². The van der Waals surface area contributed by atoms with E-state index in [-0.39, 0.29) is 62.4 Å². The summed E-state index contributed by atoms with van der Waals surface area (Å²) in [6.45, 7) is 0.627. The molecule has 4 aliphatic rings. The lowest BCUT2D eigenvalue weighted by Gasteiger charge is -2.41. The van der Waals surface area contributed by atoms with Crippen molar-refractivity contribution in [2.75, 3.05) is 46.8 Å². The number of fused-ring (bicyclic) bond motifs is 9. The van der Waals surface area contributed by atoms with Crippen LogP contribution in [0.4, 0.5) is 0 Å². The molecule has 0 spiro atoms. The number of hydrogen-bond acceptors (Lipinski definition) is 11. The first kappa shape index (κ1) is 36.3. The molecule has 8 rings (SSSR count). The van der Waals surface area contributed by atoms with Gasteiger partial charge in [0.05, 0.1) is 31.8 Å². The van der Waals surface area contributed by atoms with Crippen LogP contribution in [0, 0.1) is 0 Å². The highest BCUT2D eigenvalue weighted by atomic mass is 16.6. The van der Waals surface area contributed by atoms with Gasteiger partial charge in [-0.05, 0) is 126 Å². The maximum atomic E-state index is 11.1. The van der Waals surface area contributed by atoms with Gasteiger partial charge in [0.2, 0.25) is 0 Å². The number of benzene rings is 4. The van der Waals surface area contributed by atoms with E-state index >= 15 is 0 Å². The van der Waals surface area contributed by atoms with Crippen molar-refractivity contribution in [2.45, 2.75) is 69.2 Å². The second-order valence-corrected chi connectivity index (χ2v) is 14.6. The number of aliphatic hydroxyl groups excluding tert-OH is 3. The van der Waals surface area contributed by atoms with Crippen LogP contribution in [0.1, 0.15) is 63.8 Å². The highest BCUT2D eigenvalue weighted by molar-refractivity contribution is 5.85. The number of aryl methyl sites for hydroxylation is 1. The van der Waals surface area contributed by atoms with E-state index in [9.17, 15) is 25.5 Å². The number of aromatic hydroxyl groups is 2. The van der Waals surface area contributed by atoms with Crippen molar-refractivity contribution in [1.29, 1.82) is 0 Å². The lowest BCUT2D eigenvalue weighted by molar-refractivity contribution is -0.0437. The zero-order chi connectivity index (χ0) is 37.3. The van der Waals surface area contributed by atoms with Gasteiger partial charge in [-0.1, -0.05) is 18.2 Å². The molecule has 284 valence electrons. The third-order valence-electron chi connectivity index (χ3n) is 11.1. The van der Waals surface area contributed by atoms with Crippen LogP contribution >= 0.6 is 0 Å². The minimum absolute atomic E-state index is 0.00691. The largest absolute Gasteiger partial charge is 0.508 e. The van der Waals surface area contributed by atoms with Crippen LogP contribution in [0.5, 0.6) is 28.7 Å². The fraction of sp³-hybridized carbons (Fsp3) is 0.419. The van der Waals surface area contributed by atoms with Crippen molar-refractivity contribution in [3.63, 3.8) is 0 Å². The summed E-state index contributed by atoms with van der Waals surface area (Å²) >= 11 is 0. The smallest absolute Gasteiger partial charge is 0.161 e. The fourth-order valence-corrected chi connectivity index (χ4v) is 8.67. The molecule has 4 atom stereocenters. The third-order valence-corrected chi connectivity index (χ3v) is 11.1. The summed E-state index contributed by atoms with van der Waals surface area (Å²) in [7, 11) is 1.83. The molecule has 0 saturated heterocycles. The summed E-state index contributed by atoms with van der Waals surface area (Å²) < 4.78 is 26.1. The normalized spacial score (nSPS) is 20.6. The van der Waals surface area contributed by atoms with Crippen LogP contribution in [0.3, 0.4) is 0 Å². The molecule has 0 fully saturated rings. The Bertz CT molecular complexity index is 2140. The van der Waals surface area contributed by atoms with Crippen molar-refractivity contribution >= 4 is 6.08 Å². The summed E-state index contributed by atoms with van der Waals surface area (Å²) in [6, 6.07) is 15.7. The van der Waals surface area contributed by atoms with E-state index < -0.39 is 12.2 Å². The molecule has 4 unspecified atom stereocenters. The molecule has 54 heavy (non-hydrogen) atoms. The van der Waals surface area contributed by atoms with E-state index in [2.05, 4.69) is 34.6 Å². The number of hydrogen-bond donors (Lipinski definition) is 6. The highest BCUT2D eigenvalue weighted by Crippen LogP contribution is 2.56. The van der Waals surface area contributed by atoms with Gasteiger partial charge in [-0.15, -0.1) is 0 Å². The van der Waals surface area contributed by atoms with Gasteiger partial charge >= 0.3 is 0 Å². The van der Waals surface area contributed by atoms with Crippen LogP contribution < -0.4 is 30.1 Å². The number of phenols is 2. The number of phenolic OH excluding ortho intramolecular Hbond substituents is 2. The maximum Gasteiger partial charge on any atom is 0.161 e. The molecular weight excluding hydrogens is 688 g/mol. The van der Waals surface area contributed by atoms with Crippen molar-refractivity contribution < 1.29 is 44.5 Å². The van der Waals surface area contributed by atoms with Gasteiger partial charge in [-0.2, -0.15) is 0 Å². The second-order valence-electron chi connectivity index (χ2n) is 14.6. The van der Waals surface area contributed by atoms with E-state index in [4.69, 9.17) is 18.9 Å². The average molecular weight is 737 g/mol. The lowest BCUT2D eigenvalue weighted by atomic mass is 9.72. The Morgan fingerprint density at radius 3 is 2.63 bits per heavy atom. The topological polar surface area (TPSA) is 162 Å². The Morgan fingerprint density at radius 1 is 0.926 bits per heavy atom. The third kappa shape index (κ3) is 6.80. The molecule has 0 radical (unpaired) electrons. The SMILES string of the molecule is CNCOC1Cc2c3c(c4c(c2OC1c1cc(CCCO)c(O)c(OCCO)c1)CCC(CO)O4)-c1ccc(O)cc1C(Cc1ccc2c(c1)=CCN=2)C3. The molecule has 3 aliphatic heterocycles. The van der Waals surface area contributed by atoms with E-state index in [0.717, 1.165) is 61.7 Å². The van der Waals surface area contributed by atoms with Gasteiger partial charge in [-0.3, -0.25) is 10.3 Å². The fourth-order valence-electron chi connectivity index (χ4n) is 8.67. The summed E-state index contributed by atoms with van der Waals surface area (Å²) in [5.41, 5.74) is 8.72. The quantitative estimate of drug-likeness (QED) is 0.112. The van der Waals surface area contributed by atoms with E-state index in [1.54, 1.807) is 12.1 Å². The number of aliphatic hydroxyl groups is 3. The summed E-state index contributed by atoms with van der Waals surface area (Å²) in [4.78, 5) is 4.57. The molecule has 0 bridgehead atoms. The summed E-state index contributed by atoms with van der Waals surface area (Å²) in [5.74, 6) is 1.94. The van der Waals surface area contributed by atoms with Crippen molar-refractivity contribution in [1.82, 2.24) is 5.32 Å². The van der Waals surface area contributed by atoms with E-state index in [1.165, 1.54) is 5.56 Å². The molecule has 3 heterocycles. The molecular formula is C43H48N2O9. The average Bonchev–Trinajstić information content (AvgIpc) is 3.67. The predicted octanol–water partition coefficient (Wildman–Crippen LogP) is 3.28. The van der Waals surface area contributed by atoms with Crippen LogP contribution in [-0.4, -0.2) is 84.5 Å². The van der Waals surface area contributed by atoms with Gasteiger partial charge in [0.25, 0.3) is 0 Å². The summed E-state index contributed by atoms with van der Waals surface area (Å²) in [6.07, 6.45) is 4.87. The first-order chi connectivity index (χ1) is 26.4. The van der Waals surface area contributed by atoms with E-state index in [0.29, 0.717) is 56.4 Å². The van der Waals surface area contributed by atoms with Crippen LogP contribution in [0.2, 0.25) is 0 Å². The van der Waals surface area contributed by atoms with Gasteiger partial charge < -0.3 is 44.5 Å². The second kappa shape index (κ2) is 15.6. The number of rotatable bonds is 13. The Kier molecular flexibility index (Phi) is 10.5. The maximum absolute atomic E-state index is 11.1. The highest BCUT2D eigenvalue weighted by Gasteiger charge is 2.42. The Labute approximate surface area is 314 Å². The zero-order valence-electron chi connectivity index (χ0n) is 30.5. The molecule has 0 aromatic heterocycles. The Hall–Kier alpha value is -4.65. The number of nitrogens with one attached hydrogen (secondary N) is 1. The van der Waals surface area contributed by atoms with Gasteiger partial charge in [-0.25, -0.2) is 0 Å². The lowest BCUT2D eigenvalue weighted by Crippen LogP contribution is -2.37. The van der Waals surface area contributed by atoms with Crippen LogP contribution in [0.15, 0.2) is 53.5 Å². The molecule has 0 amide bonds. The van der Waals surface area contributed by atoms with Crippen LogP contribution in [-0.2, 0) is 36.8 Å². The van der Waals surface area contributed by atoms with Crippen LogP contribution in [0.25, 0.3) is 17.2 Å². The minimum Gasteiger partial charge on any atom is -0.508 e. The first-order valence-corrected chi connectivity index (χ1v) is 19.0. The van der Waals surface area contributed by atoms with Gasteiger partial charge in [0.1, 0.15) is 36.1 Å². The molecule has 1 aliphatic carbocycles. The summed E-state index contributed by atoms with van der Waals surface area (Å²) in [5, 5.41) is 56.6. The molecule has 6 N–H and O–H groups in total. The monoisotopic (exact) mass is 736 g/mol. The zero-order valence-corrected chi connectivity index (χ0v) is 30.5. The molecule has 11 heteroatoms. The van der Waals surface area contributed by atoms with E-state index in [1.807, 2.05) is 25.2 Å². The first-order valence-electron chi connectivity index (χ1n) is 19.0. The number of ether oxygens (including phenoxy) is 4. The predicted molar refractivity (Wildman–Crippen MR) is 202 cm³/mol. The molecule has 4 aromatic carbocycles. The Morgan fingerprint density at radius 2 is 1.81 bits per heavy atom. The molecule has 0 saturated carbocycles. The standard InChI is InChI=1S/C43H48N2O9/c1-44-23-52-38-21-35-34-18-27(16-24-4-9-36-25(15-24)10-11-45-36)33-20-29(49)5-7-31(33)39(34)43-32(8-6-30(22-48)53-43)42(35)54-41(38)28-17-26(3-2-12-46)40(50)37(19-28)51-14-13-47/h4-5,7,9-10,15,17,19-20,27,30,38,41,44,46-50H,2-3,6,8,11-14,16,18,21-23H2,1H3. The van der Waals surface area contributed by atoms with Gasteiger partial charge in [0.15, 0.2) is 17.6 Å². The molecule has 11 nitrogen and oxygen atoms in total. The molecule has 4 aromatic rings. The Balaban J connectivity index is 1.28. The van der Waals surface area contributed by atoms with Crippen molar-refractivity contribution in [2.24, 2.45) is 4.99 Å².